The van der Waals surface area contributed by atoms with Crippen LogP contribution in [-0.4, -0.2) is 32.7 Å². The molecule has 110 valence electrons. The number of carbonyl (C=O) groups excluding carboxylic acids is 2. The summed E-state index contributed by atoms with van der Waals surface area (Å²) in [5, 5.41) is 0.0469. The summed E-state index contributed by atoms with van der Waals surface area (Å²) in [6.07, 6.45) is -5.20. The van der Waals surface area contributed by atoms with E-state index in [-0.39, 0.29) is 22.9 Å². The van der Waals surface area contributed by atoms with E-state index in [1.165, 1.54) is 26.4 Å². The largest absolute Gasteiger partial charge is 0.497 e. The van der Waals surface area contributed by atoms with Gasteiger partial charge in [0.1, 0.15) is 17.2 Å². The van der Waals surface area contributed by atoms with Gasteiger partial charge in [0.2, 0.25) is 6.41 Å². The highest BCUT2D eigenvalue weighted by atomic mass is 19.4. The molecular formula is C11H11F3N2O4. The number of halogens is 3. The van der Waals surface area contributed by atoms with E-state index in [0.29, 0.717) is 5.75 Å². The van der Waals surface area contributed by atoms with Crippen LogP contribution in [0, 0.1) is 0 Å². The summed E-state index contributed by atoms with van der Waals surface area (Å²) in [5.41, 5.74) is 1.40. The molecule has 0 unspecified atom stereocenters. The van der Waals surface area contributed by atoms with Gasteiger partial charge in [0.25, 0.3) is 0 Å². The number of hydrazine groups is 1. The Labute approximate surface area is 112 Å². The van der Waals surface area contributed by atoms with Gasteiger partial charge in [0.15, 0.2) is 0 Å². The molecule has 9 heteroatoms. The van der Waals surface area contributed by atoms with Crippen LogP contribution in [0.1, 0.15) is 0 Å². The number of methoxy groups -OCH3 is 2. The van der Waals surface area contributed by atoms with Crippen LogP contribution in [0.25, 0.3) is 0 Å². The van der Waals surface area contributed by atoms with Crippen molar-refractivity contribution in [2.75, 3.05) is 19.2 Å². The lowest BCUT2D eigenvalue weighted by Crippen LogP contribution is -2.49. The number of alkyl halides is 3. The van der Waals surface area contributed by atoms with Crippen LogP contribution in [0.5, 0.6) is 11.5 Å². The lowest BCUT2D eigenvalue weighted by Gasteiger charge is -2.24. The fourth-order valence-electron chi connectivity index (χ4n) is 1.39. The zero-order valence-corrected chi connectivity index (χ0v) is 10.5. The molecule has 6 nitrogen and oxygen atoms in total. The smallest absolute Gasteiger partial charge is 0.473 e. The van der Waals surface area contributed by atoms with Gasteiger partial charge in [0, 0.05) is 6.07 Å². The number of rotatable bonds is 5. The Morgan fingerprint density at radius 3 is 2.40 bits per heavy atom. The average Bonchev–Trinajstić information content (AvgIpc) is 2.42. The van der Waals surface area contributed by atoms with E-state index in [4.69, 9.17) is 9.47 Å². The number of nitrogens with one attached hydrogen (secondary N) is 1. The van der Waals surface area contributed by atoms with E-state index in [9.17, 15) is 22.8 Å². The first-order valence-corrected chi connectivity index (χ1v) is 5.18. The first-order chi connectivity index (χ1) is 9.35. The van der Waals surface area contributed by atoms with Crippen molar-refractivity contribution >= 4 is 18.0 Å². The number of anilines is 1. The third-order valence-electron chi connectivity index (χ3n) is 2.26. The summed E-state index contributed by atoms with van der Waals surface area (Å²) in [6, 6.07) is 3.75. The molecule has 0 saturated carbocycles. The van der Waals surface area contributed by atoms with Crippen LogP contribution in [0.2, 0.25) is 0 Å². The molecule has 1 aromatic carbocycles. The quantitative estimate of drug-likeness (QED) is 0.655. The second-order valence-corrected chi connectivity index (χ2v) is 3.42. The predicted octanol–water partition coefficient (Wildman–Crippen LogP) is 1.26. The number of ether oxygens (including phenoxy) is 2. The van der Waals surface area contributed by atoms with Gasteiger partial charge < -0.3 is 9.47 Å². The van der Waals surface area contributed by atoms with Gasteiger partial charge in [-0.05, 0) is 12.1 Å². The highest BCUT2D eigenvalue weighted by Crippen LogP contribution is 2.33. The molecule has 0 bridgehead atoms. The summed E-state index contributed by atoms with van der Waals surface area (Å²) >= 11 is 0. The summed E-state index contributed by atoms with van der Waals surface area (Å²) in [7, 11) is 2.56. The number of carbonyl (C=O) groups is 2. The van der Waals surface area contributed by atoms with Crippen LogP contribution in [0.3, 0.4) is 0 Å². The molecule has 0 spiro atoms. The topological polar surface area (TPSA) is 67.9 Å². The minimum atomic E-state index is -5.15. The van der Waals surface area contributed by atoms with Gasteiger partial charge >= 0.3 is 12.1 Å². The van der Waals surface area contributed by atoms with E-state index in [1.807, 2.05) is 0 Å². The Morgan fingerprint density at radius 1 is 1.30 bits per heavy atom. The second-order valence-electron chi connectivity index (χ2n) is 3.42. The maximum Gasteiger partial charge on any atom is 0.473 e. The number of benzene rings is 1. The van der Waals surface area contributed by atoms with Crippen molar-refractivity contribution in [3.63, 3.8) is 0 Å². The van der Waals surface area contributed by atoms with Gasteiger partial charge in [-0.3, -0.25) is 15.0 Å². The van der Waals surface area contributed by atoms with E-state index in [2.05, 4.69) is 0 Å². The molecule has 1 N–H and O–H groups in total. The van der Waals surface area contributed by atoms with Crippen molar-refractivity contribution in [2.45, 2.75) is 6.18 Å². The SMILES string of the molecule is COc1ccc(N(NC=O)C(=O)C(F)(F)F)c(OC)c1. The molecule has 0 saturated heterocycles. The normalized spacial score (nSPS) is 10.7. The zero-order chi connectivity index (χ0) is 15.3. The van der Waals surface area contributed by atoms with Crippen LogP contribution in [0.4, 0.5) is 18.9 Å². The summed E-state index contributed by atoms with van der Waals surface area (Å²) in [4.78, 5) is 21.7. The summed E-state index contributed by atoms with van der Waals surface area (Å²) < 4.78 is 47.2. The van der Waals surface area contributed by atoms with Crippen LogP contribution >= 0.6 is 0 Å². The molecule has 2 amide bonds. The maximum absolute atomic E-state index is 12.5. The number of amides is 2. The van der Waals surface area contributed by atoms with Gasteiger partial charge in [0.05, 0.1) is 14.2 Å². The Morgan fingerprint density at radius 2 is 1.95 bits per heavy atom. The zero-order valence-electron chi connectivity index (χ0n) is 10.5. The molecule has 0 aliphatic carbocycles. The molecule has 0 radical (unpaired) electrons. The van der Waals surface area contributed by atoms with Crippen molar-refractivity contribution in [1.82, 2.24) is 5.43 Å². The Hall–Kier alpha value is -2.45. The molecule has 0 aromatic heterocycles. The first kappa shape index (κ1) is 15.6. The second kappa shape index (κ2) is 6.13. The lowest BCUT2D eigenvalue weighted by atomic mass is 10.2. The van der Waals surface area contributed by atoms with Crippen molar-refractivity contribution in [2.24, 2.45) is 0 Å². The van der Waals surface area contributed by atoms with Gasteiger partial charge in [-0.2, -0.15) is 13.2 Å². The molecular weight excluding hydrogens is 281 g/mol. The third kappa shape index (κ3) is 3.31. The summed E-state index contributed by atoms with van der Waals surface area (Å²) in [5.74, 6) is -2.01. The van der Waals surface area contributed by atoms with E-state index in [0.717, 1.165) is 6.07 Å². The first-order valence-electron chi connectivity index (χ1n) is 5.18. The predicted molar refractivity (Wildman–Crippen MR) is 62.3 cm³/mol. The number of nitrogens with zero attached hydrogens (tertiary/aromatic N) is 1. The Bertz CT molecular complexity index is 505. The van der Waals surface area contributed by atoms with Crippen molar-refractivity contribution in [1.29, 1.82) is 0 Å². The average molecular weight is 292 g/mol. The maximum atomic E-state index is 12.5. The monoisotopic (exact) mass is 292 g/mol. The van der Waals surface area contributed by atoms with Gasteiger partial charge in [-0.15, -0.1) is 0 Å². The highest BCUT2D eigenvalue weighted by Gasteiger charge is 2.44. The van der Waals surface area contributed by atoms with E-state index < -0.39 is 12.1 Å². The van der Waals surface area contributed by atoms with Crippen molar-refractivity contribution in [3.05, 3.63) is 18.2 Å². The minimum absolute atomic E-state index is 0.0469. The van der Waals surface area contributed by atoms with Crippen LogP contribution in [0.15, 0.2) is 18.2 Å². The van der Waals surface area contributed by atoms with Crippen LogP contribution in [-0.2, 0) is 9.59 Å². The van der Waals surface area contributed by atoms with E-state index >= 15 is 0 Å². The van der Waals surface area contributed by atoms with Crippen LogP contribution < -0.4 is 19.9 Å². The molecule has 0 fully saturated rings. The molecule has 0 heterocycles. The Balaban J connectivity index is 3.28. The lowest BCUT2D eigenvalue weighted by molar-refractivity contribution is -0.171. The van der Waals surface area contributed by atoms with Gasteiger partial charge in [-0.1, -0.05) is 0 Å². The van der Waals surface area contributed by atoms with Crippen molar-refractivity contribution in [3.8, 4) is 11.5 Å². The fraction of sp³-hybridized carbons (Fsp3) is 0.273. The van der Waals surface area contributed by atoms with Gasteiger partial charge in [-0.25, -0.2) is 5.01 Å². The number of hydrogen-bond acceptors (Lipinski definition) is 4. The minimum Gasteiger partial charge on any atom is -0.497 e. The summed E-state index contributed by atoms with van der Waals surface area (Å²) in [6.45, 7) is 0. The fourth-order valence-corrected chi connectivity index (χ4v) is 1.39. The molecule has 0 aliphatic rings. The highest BCUT2D eigenvalue weighted by molar-refractivity contribution is 5.99. The molecule has 1 aromatic rings. The molecule has 0 atom stereocenters. The molecule has 20 heavy (non-hydrogen) atoms. The third-order valence-corrected chi connectivity index (χ3v) is 2.26. The van der Waals surface area contributed by atoms with E-state index in [1.54, 1.807) is 5.43 Å². The van der Waals surface area contributed by atoms with Crippen molar-refractivity contribution < 1.29 is 32.2 Å². The standard InChI is InChI=1S/C11H11F3N2O4/c1-19-7-3-4-8(9(5-7)20-2)16(15-6-17)10(18)11(12,13)14/h3-6H,1-2H3,(H,15,17). The Kier molecular flexibility index (Phi) is 4.78. The molecule has 0 aliphatic heterocycles. The molecule has 1 rings (SSSR count). The number of hydrogen-bond donors (Lipinski definition) is 1.